The zero-order chi connectivity index (χ0) is 15.5. The van der Waals surface area contributed by atoms with E-state index in [1.54, 1.807) is 19.3 Å². The zero-order valence-corrected chi connectivity index (χ0v) is 12.6. The van der Waals surface area contributed by atoms with Crippen LogP contribution < -0.4 is 10.9 Å². The Balaban J connectivity index is 1.66. The first-order valence-corrected chi connectivity index (χ1v) is 7.44. The molecule has 0 aromatic carbocycles. The minimum atomic E-state index is -0.321. The second-order valence-corrected chi connectivity index (χ2v) is 5.62. The second-order valence-electron chi connectivity index (χ2n) is 4.67. The highest BCUT2D eigenvalue weighted by molar-refractivity contribution is 7.13. The van der Waals surface area contributed by atoms with E-state index in [0.717, 1.165) is 4.88 Å². The molecule has 0 spiro atoms. The van der Waals surface area contributed by atoms with Crippen molar-refractivity contribution < 1.29 is 9.21 Å². The van der Waals surface area contributed by atoms with Crippen LogP contribution in [0.1, 0.15) is 16.1 Å². The van der Waals surface area contributed by atoms with Crippen LogP contribution in [0.15, 0.2) is 51.3 Å². The van der Waals surface area contributed by atoms with Crippen molar-refractivity contribution in [1.82, 2.24) is 14.9 Å². The highest BCUT2D eigenvalue weighted by Gasteiger charge is 2.10. The van der Waals surface area contributed by atoms with Crippen LogP contribution in [-0.4, -0.2) is 15.5 Å². The van der Waals surface area contributed by atoms with E-state index in [1.165, 1.54) is 28.2 Å². The Morgan fingerprint density at radius 1 is 1.45 bits per heavy atom. The molecule has 0 fully saturated rings. The molecule has 3 rings (SSSR count). The molecule has 3 aromatic heterocycles. The topological polar surface area (TPSA) is 77.1 Å². The molecule has 112 valence electrons. The van der Waals surface area contributed by atoms with Gasteiger partial charge in [-0.2, -0.15) is 0 Å². The first-order valence-electron chi connectivity index (χ1n) is 6.56. The van der Waals surface area contributed by atoms with Crippen LogP contribution in [0.5, 0.6) is 0 Å². The van der Waals surface area contributed by atoms with Crippen molar-refractivity contribution in [2.45, 2.75) is 6.54 Å². The Hall–Kier alpha value is -2.67. The van der Waals surface area contributed by atoms with E-state index < -0.39 is 0 Å². The van der Waals surface area contributed by atoms with Gasteiger partial charge in [0.2, 0.25) is 5.89 Å². The first-order chi connectivity index (χ1) is 10.6. The third kappa shape index (κ3) is 2.99. The van der Waals surface area contributed by atoms with Gasteiger partial charge in [0.25, 0.3) is 11.5 Å². The van der Waals surface area contributed by atoms with Gasteiger partial charge in [-0.3, -0.25) is 9.59 Å². The van der Waals surface area contributed by atoms with Gasteiger partial charge in [0.1, 0.15) is 6.26 Å². The van der Waals surface area contributed by atoms with Gasteiger partial charge in [-0.15, -0.1) is 11.3 Å². The molecule has 3 aromatic rings. The summed E-state index contributed by atoms with van der Waals surface area (Å²) in [5.74, 6) is 0.214. The Morgan fingerprint density at radius 2 is 2.32 bits per heavy atom. The largest absolute Gasteiger partial charge is 0.443 e. The Bertz CT molecular complexity index is 849. The summed E-state index contributed by atoms with van der Waals surface area (Å²) >= 11 is 1.53. The molecule has 0 unspecified atom stereocenters. The molecule has 0 aliphatic rings. The summed E-state index contributed by atoms with van der Waals surface area (Å²) in [6.07, 6.45) is 3.07. The van der Waals surface area contributed by atoms with Gasteiger partial charge >= 0.3 is 0 Å². The first kappa shape index (κ1) is 14.3. The molecule has 0 radical (unpaired) electrons. The van der Waals surface area contributed by atoms with E-state index in [2.05, 4.69) is 10.3 Å². The number of rotatable bonds is 4. The number of aromatic nitrogens is 2. The lowest BCUT2D eigenvalue weighted by atomic mass is 10.2. The molecule has 0 saturated carbocycles. The Kier molecular flexibility index (Phi) is 3.88. The molecule has 1 N–H and O–H groups in total. The van der Waals surface area contributed by atoms with E-state index in [9.17, 15) is 9.59 Å². The van der Waals surface area contributed by atoms with Crippen molar-refractivity contribution >= 4 is 17.2 Å². The monoisotopic (exact) mass is 315 g/mol. The smallest absolute Gasteiger partial charge is 0.251 e. The number of nitrogens with zero attached hydrogens (tertiary/aromatic N) is 2. The summed E-state index contributed by atoms with van der Waals surface area (Å²) in [4.78, 5) is 28.8. The number of amides is 1. The Morgan fingerprint density at radius 3 is 3.05 bits per heavy atom. The van der Waals surface area contributed by atoms with Crippen LogP contribution in [0.4, 0.5) is 0 Å². The van der Waals surface area contributed by atoms with Crippen molar-refractivity contribution in [3.05, 3.63) is 63.7 Å². The van der Waals surface area contributed by atoms with Gasteiger partial charge in [-0.05, 0) is 17.5 Å². The van der Waals surface area contributed by atoms with Crippen molar-refractivity contribution in [2.24, 2.45) is 7.05 Å². The average Bonchev–Trinajstić information content (AvgIpc) is 3.18. The number of hydrogen-bond acceptors (Lipinski definition) is 5. The van der Waals surface area contributed by atoms with Gasteiger partial charge in [0, 0.05) is 24.9 Å². The molecule has 0 bridgehead atoms. The second kappa shape index (κ2) is 5.98. The summed E-state index contributed by atoms with van der Waals surface area (Å²) in [6.45, 7) is 0.239. The molecule has 3 heterocycles. The molecule has 22 heavy (non-hydrogen) atoms. The molecule has 0 aliphatic carbocycles. The fourth-order valence-corrected chi connectivity index (χ4v) is 2.52. The normalized spacial score (nSPS) is 10.6. The lowest BCUT2D eigenvalue weighted by Gasteiger charge is -2.03. The number of carbonyl (C=O) groups is 1. The molecule has 1 amide bonds. The molecular weight excluding hydrogens is 302 g/mol. The van der Waals surface area contributed by atoms with Crippen LogP contribution >= 0.6 is 11.3 Å². The van der Waals surface area contributed by atoms with Crippen LogP contribution in [0, 0.1) is 0 Å². The number of carbonyl (C=O) groups excluding carboxylic acids is 1. The molecule has 7 heteroatoms. The zero-order valence-electron chi connectivity index (χ0n) is 11.8. The minimum absolute atomic E-state index is 0.228. The predicted octanol–water partition coefficient (Wildman–Crippen LogP) is 2.03. The number of thiophene rings is 1. The van der Waals surface area contributed by atoms with Gasteiger partial charge in [-0.1, -0.05) is 6.07 Å². The van der Waals surface area contributed by atoms with Crippen molar-refractivity contribution in [3.63, 3.8) is 0 Å². The number of hydrogen-bond donors (Lipinski definition) is 1. The average molecular weight is 315 g/mol. The summed E-state index contributed by atoms with van der Waals surface area (Å²) in [5.41, 5.74) is 0.722. The lowest BCUT2D eigenvalue weighted by molar-refractivity contribution is 0.0950. The van der Waals surface area contributed by atoms with Gasteiger partial charge in [-0.25, -0.2) is 4.98 Å². The van der Waals surface area contributed by atoms with Gasteiger partial charge in [0.15, 0.2) is 0 Å². The molecule has 6 nitrogen and oxygen atoms in total. The standard InChI is InChI=1S/C15H13N3O3S/c1-18-5-4-10(7-13(18)19)14(20)16-8-11-9-21-15(17-11)12-3-2-6-22-12/h2-7,9H,8H2,1H3,(H,16,20). The lowest BCUT2D eigenvalue weighted by Crippen LogP contribution is -2.25. The maximum atomic E-state index is 12.0. The number of nitrogens with one attached hydrogen (secondary N) is 1. The van der Waals surface area contributed by atoms with Gasteiger partial charge in [0.05, 0.1) is 17.1 Å². The molecular formula is C15H13N3O3S. The van der Waals surface area contributed by atoms with E-state index in [0.29, 0.717) is 17.1 Å². The maximum absolute atomic E-state index is 12.0. The van der Waals surface area contributed by atoms with Gasteiger partial charge < -0.3 is 14.3 Å². The van der Waals surface area contributed by atoms with Crippen molar-refractivity contribution in [3.8, 4) is 10.8 Å². The fraction of sp³-hybridized carbons (Fsp3) is 0.133. The van der Waals surface area contributed by atoms with Crippen LogP contribution in [0.3, 0.4) is 0 Å². The Labute approximate surface area is 130 Å². The maximum Gasteiger partial charge on any atom is 0.251 e. The van der Waals surface area contributed by atoms with Crippen LogP contribution in [0.2, 0.25) is 0 Å². The number of pyridine rings is 1. The molecule has 0 atom stereocenters. The van der Waals surface area contributed by atoms with Crippen molar-refractivity contribution in [1.29, 1.82) is 0 Å². The quantitative estimate of drug-likeness (QED) is 0.799. The van der Waals surface area contributed by atoms with E-state index in [-0.39, 0.29) is 18.0 Å². The SMILES string of the molecule is Cn1ccc(C(=O)NCc2coc(-c3cccs3)n2)cc1=O. The highest BCUT2D eigenvalue weighted by Crippen LogP contribution is 2.23. The van der Waals surface area contributed by atoms with Crippen molar-refractivity contribution in [2.75, 3.05) is 0 Å². The summed E-state index contributed by atoms with van der Waals surface area (Å²) in [6, 6.07) is 6.73. The molecule has 0 saturated heterocycles. The predicted molar refractivity (Wildman–Crippen MR) is 82.7 cm³/mol. The number of oxazole rings is 1. The van der Waals surface area contributed by atoms with Crippen LogP contribution in [0.25, 0.3) is 10.8 Å². The fourth-order valence-electron chi connectivity index (χ4n) is 1.86. The van der Waals surface area contributed by atoms with Crippen LogP contribution in [-0.2, 0) is 13.6 Å². The highest BCUT2D eigenvalue weighted by atomic mass is 32.1. The minimum Gasteiger partial charge on any atom is -0.443 e. The third-order valence-corrected chi connectivity index (χ3v) is 3.94. The summed E-state index contributed by atoms with van der Waals surface area (Å²) in [5, 5.41) is 4.66. The van der Waals surface area contributed by atoms with E-state index in [4.69, 9.17) is 4.42 Å². The molecule has 0 aliphatic heterocycles. The summed E-state index contributed by atoms with van der Waals surface area (Å²) < 4.78 is 6.78. The summed E-state index contributed by atoms with van der Waals surface area (Å²) in [7, 11) is 1.63. The van der Waals surface area contributed by atoms with E-state index in [1.807, 2.05) is 17.5 Å². The van der Waals surface area contributed by atoms with E-state index >= 15 is 0 Å². The number of aryl methyl sites for hydroxylation is 1. The third-order valence-electron chi connectivity index (χ3n) is 3.08.